The van der Waals surface area contributed by atoms with Crippen molar-refractivity contribution < 1.29 is 32.0 Å². The van der Waals surface area contributed by atoms with Crippen LogP contribution in [0.2, 0.25) is 0 Å². The lowest BCUT2D eigenvalue weighted by Gasteiger charge is -2.15. The second kappa shape index (κ2) is 6.16. The number of ether oxygens (including phenoxy) is 2. The van der Waals surface area contributed by atoms with Crippen molar-refractivity contribution in [1.29, 1.82) is 0 Å². The first kappa shape index (κ1) is 15.3. The van der Waals surface area contributed by atoms with Gasteiger partial charge in [-0.3, -0.25) is 4.55 Å². The zero-order chi connectivity index (χ0) is 13.6. The number of carbonyl (C=O) groups is 2. The molecule has 0 aromatic carbocycles. The van der Waals surface area contributed by atoms with Crippen molar-refractivity contribution in [2.45, 2.75) is 13.2 Å². The maximum Gasteiger partial charge on any atom is 0.336 e. The standard InChI is InChI=1S/C9H12O7S/c1-4-7(10)15-8(5-17(12,13)14)16-9(11)6(2)3/h4,8H,1-2,5H2,3H3,(H,12,13,14). The third-order valence-corrected chi connectivity index (χ3v) is 2.04. The Balaban J connectivity index is 4.73. The first-order chi connectivity index (χ1) is 7.65. The molecule has 1 N–H and O–H groups in total. The van der Waals surface area contributed by atoms with E-state index in [9.17, 15) is 18.0 Å². The van der Waals surface area contributed by atoms with Crippen molar-refractivity contribution >= 4 is 22.1 Å². The molecule has 0 aliphatic heterocycles. The Morgan fingerprint density at radius 2 is 1.94 bits per heavy atom. The fraction of sp³-hybridized carbons (Fsp3) is 0.333. The largest absolute Gasteiger partial charge is 0.421 e. The summed E-state index contributed by atoms with van der Waals surface area (Å²) in [5.74, 6) is -3.00. The SMILES string of the molecule is C=CC(=O)OC(CS(=O)(=O)O)OC(=O)C(=C)C. The molecule has 0 fully saturated rings. The molecule has 96 valence electrons. The third kappa shape index (κ3) is 7.25. The predicted molar refractivity (Wildman–Crippen MR) is 57.4 cm³/mol. The Hall–Kier alpha value is -1.67. The minimum Gasteiger partial charge on any atom is -0.421 e. The van der Waals surface area contributed by atoms with Crippen molar-refractivity contribution in [2.24, 2.45) is 0 Å². The van der Waals surface area contributed by atoms with Gasteiger partial charge in [0.2, 0.25) is 0 Å². The molecule has 0 bridgehead atoms. The highest BCUT2D eigenvalue weighted by Crippen LogP contribution is 2.04. The minimum absolute atomic E-state index is 0.0139. The lowest BCUT2D eigenvalue weighted by atomic mass is 10.4. The van der Waals surface area contributed by atoms with Gasteiger partial charge < -0.3 is 9.47 Å². The molecule has 0 aliphatic rings. The summed E-state index contributed by atoms with van der Waals surface area (Å²) >= 11 is 0. The second-order valence-electron chi connectivity index (χ2n) is 3.00. The fourth-order valence-electron chi connectivity index (χ4n) is 0.662. The lowest BCUT2D eigenvalue weighted by Crippen LogP contribution is -2.31. The van der Waals surface area contributed by atoms with E-state index in [1.807, 2.05) is 0 Å². The average molecular weight is 264 g/mol. The van der Waals surface area contributed by atoms with Crippen LogP contribution >= 0.6 is 0 Å². The third-order valence-electron chi connectivity index (χ3n) is 1.35. The highest BCUT2D eigenvalue weighted by molar-refractivity contribution is 7.85. The molecule has 17 heavy (non-hydrogen) atoms. The molecule has 0 amide bonds. The van der Waals surface area contributed by atoms with E-state index in [1.165, 1.54) is 6.92 Å². The summed E-state index contributed by atoms with van der Waals surface area (Å²) in [7, 11) is -4.47. The van der Waals surface area contributed by atoms with Gasteiger partial charge in [-0.2, -0.15) is 8.42 Å². The summed E-state index contributed by atoms with van der Waals surface area (Å²) in [4.78, 5) is 21.9. The number of esters is 2. The van der Waals surface area contributed by atoms with Crippen LogP contribution in [0.15, 0.2) is 24.8 Å². The predicted octanol–water partition coefficient (Wildman–Crippen LogP) is 0.0488. The maximum absolute atomic E-state index is 11.1. The smallest absolute Gasteiger partial charge is 0.336 e. The van der Waals surface area contributed by atoms with Gasteiger partial charge in [0.1, 0.15) is 5.75 Å². The Bertz CT molecular complexity index is 434. The normalized spacial score (nSPS) is 12.4. The Morgan fingerprint density at radius 1 is 1.41 bits per heavy atom. The van der Waals surface area contributed by atoms with Crippen LogP contribution < -0.4 is 0 Å². The molecule has 8 heteroatoms. The average Bonchev–Trinajstić information content (AvgIpc) is 2.14. The van der Waals surface area contributed by atoms with E-state index in [1.54, 1.807) is 0 Å². The quantitative estimate of drug-likeness (QED) is 0.312. The molecule has 0 saturated carbocycles. The number of hydrogen-bond donors (Lipinski definition) is 1. The first-order valence-corrected chi connectivity index (χ1v) is 5.91. The zero-order valence-electron chi connectivity index (χ0n) is 9.08. The monoisotopic (exact) mass is 264 g/mol. The molecule has 0 rings (SSSR count). The van der Waals surface area contributed by atoms with E-state index >= 15 is 0 Å². The van der Waals surface area contributed by atoms with E-state index in [0.29, 0.717) is 0 Å². The molecule has 0 aliphatic carbocycles. The topological polar surface area (TPSA) is 107 Å². The summed E-state index contributed by atoms with van der Waals surface area (Å²) in [5, 5.41) is 0. The van der Waals surface area contributed by atoms with Gasteiger partial charge in [-0.15, -0.1) is 0 Å². The number of carbonyl (C=O) groups excluding carboxylic acids is 2. The van der Waals surface area contributed by atoms with Crippen LogP contribution in [0, 0.1) is 0 Å². The Kier molecular flexibility index (Phi) is 5.56. The molecular formula is C9H12O7S. The fourth-order valence-corrected chi connectivity index (χ4v) is 1.14. The van der Waals surface area contributed by atoms with Gasteiger partial charge in [0.25, 0.3) is 16.4 Å². The van der Waals surface area contributed by atoms with E-state index < -0.39 is 34.1 Å². The number of hydrogen-bond acceptors (Lipinski definition) is 6. The van der Waals surface area contributed by atoms with Gasteiger partial charge in [-0.1, -0.05) is 13.2 Å². The Morgan fingerprint density at radius 3 is 2.29 bits per heavy atom. The second-order valence-corrected chi connectivity index (χ2v) is 4.50. The van der Waals surface area contributed by atoms with Gasteiger partial charge in [0, 0.05) is 11.6 Å². The summed E-state index contributed by atoms with van der Waals surface area (Å²) in [6.07, 6.45) is -0.995. The van der Waals surface area contributed by atoms with Crippen LogP contribution in [0.4, 0.5) is 0 Å². The van der Waals surface area contributed by atoms with Gasteiger partial charge >= 0.3 is 11.9 Å². The van der Waals surface area contributed by atoms with Crippen molar-refractivity contribution in [3.63, 3.8) is 0 Å². The van der Waals surface area contributed by atoms with Gasteiger partial charge in [-0.25, -0.2) is 9.59 Å². The van der Waals surface area contributed by atoms with Crippen LogP contribution in [0.25, 0.3) is 0 Å². The molecule has 0 radical (unpaired) electrons. The van der Waals surface area contributed by atoms with Crippen molar-refractivity contribution in [1.82, 2.24) is 0 Å². The first-order valence-electron chi connectivity index (χ1n) is 4.30. The summed E-state index contributed by atoms with van der Waals surface area (Å²) in [6, 6.07) is 0. The van der Waals surface area contributed by atoms with E-state index in [4.69, 9.17) is 4.55 Å². The molecule has 0 aromatic heterocycles. The maximum atomic E-state index is 11.1. The summed E-state index contributed by atoms with van der Waals surface area (Å²) in [5.41, 5.74) is -0.0139. The highest BCUT2D eigenvalue weighted by Gasteiger charge is 2.24. The van der Waals surface area contributed by atoms with Crippen LogP contribution in [-0.2, 0) is 29.2 Å². The molecule has 1 unspecified atom stereocenters. The molecular weight excluding hydrogens is 252 g/mol. The Labute approximate surface area is 98.5 Å². The zero-order valence-corrected chi connectivity index (χ0v) is 9.90. The summed E-state index contributed by atoms with van der Waals surface area (Å²) in [6.45, 7) is 7.66. The van der Waals surface area contributed by atoms with Crippen molar-refractivity contribution in [3.05, 3.63) is 24.8 Å². The lowest BCUT2D eigenvalue weighted by molar-refractivity contribution is -0.177. The summed E-state index contributed by atoms with van der Waals surface area (Å²) < 4.78 is 38.6. The minimum atomic E-state index is -4.47. The van der Waals surface area contributed by atoms with Gasteiger partial charge in [0.15, 0.2) is 0 Å². The number of rotatable bonds is 6. The molecule has 0 spiro atoms. The van der Waals surface area contributed by atoms with Crippen LogP contribution in [0.5, 0.6) is 0 Å². The molecule has 0 aromatic rings. The molecule has 1 atom stereocenters. The molecule has 7 nitrogen and oxygen atoms in total. The van der Waals surface area contributed by atoms with Crippen LogP contribution in [-0.4, -0.2) is 37.0 Å². The molecule has 0 saturated heterocycles. The van der Waals surface area contributed by atoms with Crippen molar-refractivity contribution in [2.75, 3.05) is 5.75 Å². The van der Waals surface area contributed by atoms with Crippen LogP contribution in [0.3, 0.4) is 0 Å². The van der Waals surface area contributed by atoms with Crippen LogP contribution in [0.1, 0.15) is 6.92 Å². The highest BCUT2D eigenvalue weighted by atomic mass is 32.2. The van der Waals surface area contributed by atoms with E-state index in [-0.39, 0.29) is 5.57 Å². The van der Waals surface area contributed by atoms with E-state index in [0.717, 1.165) is 6.08 Å². The van der Waals surface area contributed by atoms with E-state index in [2.05, 4.69) is 22.6 Å². The van der Waals surface area contributed by atoms with Gasteiger partial charge in [-0.05, 0) is 6.92 Å². The molecule has 0 heterocycles. The van der Waals surface area contributed by atoms with Gasteiger partial charge in [0.05, 0.1) is 0 Å². The van der Waals surface area contributed by atoms with Crippen molar-refractivity contribution in [3.8, 4) is 0 Å².